The molecule has 3 heterocycles. The molecule has 1 aliphatic carbocycles. The standard InChI is InChI=1S/C19H24N4O2S2/c1-4-7-14-20-15(25-22-14)10-26-19-21-17-16(11(2)12(3)27-17)18(24)23(19)13-8-5-6-9-13/h13H,4-10H2,1-3H3. The highest BCUT2D eigenvalue weighted by Crippen LogP contribution is 2.35. The fourth-order valence-corrected chi connectivity index (χ4v) is 5.65. The molecule has 1 aliphatic rings. The summed E-state index contributed by atoms with van der Waals surface area (Å²) in [6.07, 6.45) is 6.24. The van der Waals surface area contributed by atoms with Gasteiger partial charge in [-0.25, -0.2) is 4.98 Å². The van der Waals surface area contributed by atoms with Crippen molar-refractivity contribution in [2.45, 2.75) is 76.2 Å². The van der Waals surface area contributed by atoms with E-state index in [1.807, 2.05) is 11.5 Å². The first-order chi connectivity index (χ1) is 13.1. The van der Waals surface area contributed by atoms with Gasteiger partial charge in [-0.3, -0.25) is 9.36 Å². The van der Waals surface area contributed by atoms with Gasteiger partial charge in [0.25, 0.3) is 5.56 Å². The fraction of sp³-hybridized carbons (Fsp3) is 0.579. The van der Waals surface area contributed by atoms with Gasteiger partial charge >= 0.3 is 0 Å². The molecule has 3 aromatic heterocycles. The van der Waals surface area contributed by atoms with Crippen molar-refractivity contribution < 1.29 is 4.52 Å². The average molecular weight is 405 g/mol. The van der Waals surface area contributed by atoms with E-state index in [4.69, 9.17) is 9.51 Å². The van der Waals surface area contributed by atoms with Gasteiger partial charge < -0.3 is 4.52 Å². The van der Waals surface area contributed by atoms with E-state index in [2.05, 4.69) is 24.0 Å². The van der Waals surface area contributed by atoms with Crippen LogP contribution in [-0.4, -0.2) is 19.7 Å². The first kappa shape index (κ1) is 18.7. The SMILES string of the molecule is CCCc1noc(CSc2nc3sc(C)c(C)c3c(=O)n2C2CCCC2)n1. The molecule has 27 heavy (non-hydrogen) atoms. The number of thiophene rings is 1. The van der Waals surface area contributed by atoms with Gasteiger partial charge in [0.2, 0.25) is 5.89 Å². The zero-order valence-electron chi connectivity index (χ0n) is 15.9. The van der Waals surface area contributed by atoms with Crippen LogP contribution in [0.25, 0.3) is 10.2 Å². The van der Waals surface area contributed by atoms with Crippen LogP contribution in [0.15, 0.2) is 14.5 Å². The largest absolute Gasteiger partial charge is 0.338 e. The Bertz CT molecular complexity index is 1010. The van der Waals surface area contributed by atoms with E-state index in [0.29, 0.717) is 11.6 Å². The van der Waals surface area contributed by atoms with Gasteiger partial charge in [-0.05, 0) is 38.7 Å². The van der Waals surface area contributed by atoms with Crippen LogP contribution >= 0.6 is 23.1 Å². The van der Waals surface area contributed by atoms with Crippen LogP contribution in [0.5, 0.6) is 0 Å². The second kappa shape index (κ2) is 7.75. The molecule has 0 unspecified atom stereocenters. The maximum absolute atomic E-state index is 13.3. The zero-order chi connectivity index (χ0) is 19.0. The topological polar surface area (TPSA) is 73.8 Å². The highest BCUT2D eigenvalue weighted by Gasteiger charge is 2.25. The minimum atomic E-state index is 0.105. The fourth-order valence-electron chi connectivity index (χ4n) is 3.67. The second-order valence-corrected chi connectivity index (χ2v) is 9.26. The van der Waals surface area contributed by atoms with Gasteiger partial charge in [0.15, 0.2) is 11.0 Å². The Morgan fingerprint density at radius 2 is 2.04 bits per heavy atom. The molecule has 0 N–H and O–H groups in total. The Labute approximate surface area is 166 Å². The van der Waals surface area contributed by atoms with Crippen molar-refractivity contribution in [1.82, 2.24) is 19.7 Å². The van der Waals surface area contributed by atoms with Crippen molar-refractivity contribution in [2.24, 2.45) is 0 Å². The lowest BCUT2D eigenvalue weighted by atomic mass is 10.2. The lowest BCUT2D eigenvalue weighted by Crippen LogP contribution is -2.26. The molecular formula is C19H24N4O2S2. The molecule has 4 rings (SSSR count). The summed E-state index contributed by atoms with van der Waals surface area (Å²) in [6, 6.07) is 0.245. The van der Waals surface area contributed by atoms with Gasteiger partial charge in [-0.1, -0.05) is 36.7 Å². The first-order valence-corrected chi connectivity index (χ1v) is 11.3. The number of aryl methyl sites for hydroxylation is 3. The summed E-state index contributed by atoms with van der Waals surface area (Å²) in [6.45, 7) is 6.17. The third kappa shape index (κ3) is 3.57. The van der Waals surface area contributed by atoms with Crippen LogP contribution in [0, 0.1) is 13.8 Å². The molecule has 1 saturated carbocycles. The second-order valence-electron chi connectivity index (χ2n) is 7.11. The third-order valence-corrected chi connectivity index (χ3v) is 7.24. The molecule has 0 atom stereocenters. The highest BCUT2D eigenvalue weighted by molar-refractivity contribution is 7.98. The summed E-state index contributed by atoms with van der Waals surface area (Å²) < 4.78 is 7.28. The summed E-state index contributed by atoms with van der Waals surface area (Å²) in [7, 11) is 0. The maximum atomic E-state index is 13.3. The van der Waals surface area contributed by atoms with Crippen LogP contribution in [0.4, 0.5) is 0 Å². The number of rotatable bonds is 6. The molecule has 0 radical (unpaired) electrons. The highest BCUT2D eigenvalue weighted by atomic mass is 32.2. The Hall–Kier alpha value is -1.67. The van der Waals surface area contributed by atoms with Crippen LogP contribution in [0.3, 0.4) is 0 Å². The number of thioether (sulfide) groups is 1. The number of nitrogens with zero attached hydrogens (tertiary/aromatic N) is 4. The Morgan fingerprint density at radius 3 is 2.78 bits per heavy atom. The smallest absolute Gasteiger partial charge is 0.263 e. The normalized spacial score (nSPS) is 15.2. The lowest BCUT2D eigenvalue weighted by molar-refractivity contribution is 0.384. The summed E-state index contributed by atoms with van der Waals surface area (Å²) in [5.74, 6) is 1.87. The number of aromatic nitrogens is 4. The van der Waals surface area contributed by atoms with Crippen molar-refractivity contribution in [3.63, 3.8) is 0 Å². The molecule has 6 nitrogen and oxygen atoms in total. The van der Waals surface area contributed by atoms with E-state index in [9.17, 15) is 4.79 Å². The predicted octanol–water partition coefficient (Wildman–Crippen LogP) is 4.82. The van der Waals surface area contributed by atoms with E-state index in [0.717, 1.165) is 57.3 Å². The summed E-state index contributed by atoms with van der Waals surface area (Å²) in [5.41, 5.74) is 1.17. The maximum Gasteiger partial charge on any atom is 0.263 e. The van der Waals surface area contributed by atoms with Crippen LogP contribution in [0.2, 0.25) is 0 Å². The molecule has 0 amide bonds. The summed E-state index contributed by atoms with van der Waals surface area (Å²) >= 11 is 3.13. The zero-order valence-corrected chi connectivity index (χ0v) is 17.6. The van der Waals surface area contributed by atoms with Crippen molar-refractivity contribution in [3.8, 4) is 0 Å². The van der Waals surface area contributed by atoms with Crippen LogP contribution in [0.1, 0.15) is 67.2 Å². The van der Waals surface area contributed by atoms with E-state index < -0.39 is 0 Å². The molecule has 0 aliphatic heterocycles. The average Bonchev–Trinajstić information content (AvgIpc) is 3.36. The van der Waals surface area contributed by atoms with Crippen LogP contribution < -0.4 is 5.56 Å². The molecule has 8 heteroatoms. The van der Waals surface area contributed by atoms with Gasteiger partial charge in [-0.15, -0.1) is 11.3 Å². The van der Waals surface area contributed by atoms with E-state index in [1.54, 1.807) is 11.3 Å². The van der Waals surface area contributed by atoms with Crippen molar-refractivity contribution in [2.75, 3.05) is 0 Å². The van der Waals surface area contributed by atoms with Crippen molar-refractivity contribution >= 4 is 33.3 Å². The summed E-state index contributed by atoms with van der Waals surface area (Å²) in [4.78, 5) is 24.6. The molecule has 144 valence electrons. The predicted molar refractivity (Wildman–Crippen MR) is 109 cm³/mol. The Kier molecular flexibility index (Phi) is 5.36. The van der Waals surface area contributed by atoms with E-state index in [-0.39, 0.29) is 11.6 Å². The molecular weight excluding hydrogens is 380 g/mol. The van der Waals surface area contributed by atoms with Crippen molar-refractivity contribution in [1.29, 1.82) is 0 Å². The van der Waals surface area contributed by atoms with Gasteiger partial charge in [0.1, 0.15) is 4.83 Å². The van der Waals surface area contributed by atoms with Gasteiger partial charge in [0, 0.05) is 17.3 Å². The number of fused-ring (bicyclic) bond motifs is 1. The number of hydrogen-bond acceptors (Lipinski definition) is 7. The van der Waals surface area contributed by atoms with Crippen LogP contribution in [-0.2, 0) is 12.2 Å². The lowest BCUT2D eigenvalue weighted by Gasteiger charge is -2.17. The quantitative estimate of drug-likeness (QED) is 0.433. The molecule has 3 aromatic rings. The van der Waals surface area contributed by atoms with E-state index >= 15 is 0 Å². The third-order valence-electron chi connectivity index (χ3n) is 5.20. The van der Waals surface area contributed by atoms with Gasteiger partial charge in [-0.2, -0.15) is 4.98 Å². The molecule has 1 fully saturated rings. The number of hydrogen-bond donors (Lipinski definition) is 0. The summed E-state index contributed by atoms with van der Waals surface area (Å²) in [5, 5.41) is 5.58. The Balaban J connectivity index is 1.71. The first-order valence-electron chi connectivity index (χ1n) is 9.55. The molecule has 0 saturated heterocycles. The monoisotopic (exact) mass is 404 g/mol. The van der Waals surface area contributed by atoms with Gasteiger partial charge in [0.05, 0.1) is 11.1 Å². The molecule has 0 spiro atoms. The molecule has 0 aromatic carbocycles. The van der Waals surface area contributed by atoms with Crippen molar-refractivity contribution in [3.05, 3.63) is 32.5 Å². The Morgan fingerprint density at radius 1 is 1.26 bits per heavy atom. The minimum absolute atomic E-state index is 0.105. The van der Waals surface area contributed by atoms with E-state index in [1.165, 1.54) is 24.6 Å². The minimum Gasteiger partial charge on any atom is -0.338 e. The molecule has 0 bridgehead atoms.